The minimum absolute atomic E-state index is 0.0391. The fourth-order valence-corrected chi connectivity index (χ4v) is 4.98. The summed E-state index contributed by atoms with van der Waals surface area (Å²) in [6.07, 6.45) is -3.15. The molecule has 0 atom stereocenters. The first-order valence-electron chi connectivity index (χ1n) is 10.1. The van der Waals surface area contributed by atoms with Gasteiger partial charge in [-0.25, -0.2) is 9.97 Å². The van der Waals surface area contributed by atoms with Crippen LogP contribution in [-0.4, -0.2) is 35.6 Å². The number of nitrogens with zero attached hydrogens (tertiary/aromatic N) is 2. The SMILES string of the molecule is O=C1NCCOc2sc(-c3nc(Nc4cc5c(cc4Cl)CNCC5)ncc3C(F)(F)F)cc21. The van der Waals surface area contributed by atoms with Crippen molar-refractivity contribution in [2.24, 2.45) is 0 Å². The lowest BCUT2D eigenvalue weighted by atomic mass is 10.0. The van der Waals surface area contributed by atoms with E-state index in [-0.39, 0.29) is 33.8 Å². The maximum atomic E-state index is 13.7. The number of ether oxygens (including phenoxy) is 1. The minimum Gasteiger partial charge on any atom is -0.481 e. The Hall–Kier alpha value is -2.89. The van der Waals surface area contributed by atoms with E-state index in [4.69, 9.17) is 16.3 Å². The van der Waals surface area contributed by atoms with Crippen LogP contribution < -0.4 is 20.7 Å². The van der Waals surface area contributed by atoms with Crippen molar-refractivity contribution in [3.63, 3.8) is 0 Å². The third-order valence-electron chi connectivity index (χ3n) is 5.31. The highest BCUT2D eigenvalue weighted by molar-refractivity contribution is 7.17. The Bertz CT molecular complexity index is 1250. The van der Waals surface area contributed by atoms with Gasteiger partial charge in [-0.15, -0.1) is 0 Å². The second-order valence-electron chi connectivity index (χ2n) is 7.52. The average molecular weight is 496 g/mol. The predicted molar refractivity (Wildman–Crippen MR) is 118 cm³/mol. The largest absolute Gasteiger partial charge is 0.481 e. The van der Waals surface area contributed by atoms with Gasteiger partial charge in [0.2, 0.25) is 5.95 Å². The van der Waals surface area contributed by atoms with Crippen molar-refractivity contribution in [2.45, 2.75) is 19.1 Å². The lowest BCUT2D eigenvalue weighted by Gasteiger charge is -2.19. The molecule has 0 bridgehead atoms. The molecule has 2 aliphatic heterocycles. The van der Waals surface area contributed by atoms with E-state index in [0.717, 1.165) is 41.6 Å². The third kappa shape index (κ3) is 4.35. The number of aromatic nitrogens is 2. The van der Waals surface area contributed by atoms with Crippen LogP contribution in [0.3, 0.4) is 0 Å². The second-order valence-corrected chi connectivity index (χ2v) is 8.94. The van der Waals surface area contributed by atoms with E-state index >= 15 is 0 Å². The Morgan fingerprint density at radius 1 is 1.18 bits per heavy atom. The van der Waals surface area contributed by atoms with Gasteiger partial charge in [0, 0.05) is 12.7 Å². The predicted octanol–water partition coefficient (Wildman–Crippen LogP) is 4.39. The van der Waals surface area contributed by atoms with Crippen molar-refractivity contribution in [3.8, 4) is 15.6 Å². The summed E-state index contributed by atoms with van der Waals surface area (Å²) in [7, 11) is 0. The number of thiophene rings is 1. The first-order chi connectivity index (χ1) is 15.8. The average Bonchev–Trinajstić information content (AvgIpc) is 3.13. The van der Waals surface area contributed by atoms with Crippen LogP contribution in [0.25, 0.3) is 10.6 Å². The molecule has 0 unspecified atom stereocenters. The number of alkyl halides is 3. The number of carbonyl (C=O) groups is 1. The molecule has 3 N–H and O–H groups in total. The Labute approximate surface area is 195 Å². The van der Waals surface area contributed by atoms with Crippen LogP contribution in [0.2, 0.25) is 5.02 Å². The molecule has 2 aliphatic rings. The van der Waals surface area contributed by atoms with Gasteiger partial charge in [0.1, 0.15) is 12.2 Å². The van der Waals surface area contributed by atoms with E-state index < -0.39 is 17.6 Å². The molecule has 1 amide bonds. The molecule has 4 heterocycles. The molecule has 33 heavy (non-hydrogen) atoms. The molecule has 0 radical (unpaired) electrons. The topological polar surface area (TPSA) is 88.2 Å². The van der Waals surface area contributed by atoms with Crippen LogP contribution in [0.5, 0.6) is 5.06 Å². The molecule has 0 aliphatic carbocycles. The number of hydrogen-bond acceptors (Lipinski definition) is 7. The van der Waals surface area contributed by atoms with E-state index in [1.807, 2.05) is 12.1 Å². The number of nitrogens with one attached hydrogen (secondary N) is 3. The summed E-state index contributed by atoms with van der Waals surface area (Å²) in [5, 5.41) is 9.52. The van der Waals surface area contributed by atoms with Crippen molar-refractivity contribution in [3.05, 3.63) is 51.7 Å². The van der Waals surface area contributed by atoms with Crippen LogP contribution in [0.15, 0.2) is 24.4 Å². The molecule has 0 fully saturated rings. The summed E-state index contributed by atoms with van der Waals surface area (Å²) >= 11 is 7.33. The smallest absolute Gasteiger partial charge is 0.420 e. The highest BCUT2D eigenvalue weighted by Crippen LogP contribution is 2.43. The standard InChI is InChI=1S/C21H17ClF3N5O2S/c22-14-5-11-8-26-2-1-10(11)6-15(14)29-20-28-9-13(21(23,24)25)17(30-20)16-7-12-18(31)27-3-4-32-19(12)33-16/h5-7,9,26H,1-4,8H2,(H,27,31)(H,28,29,30). The van der Waals surface area contributed by atoms with E-state index in [1.165, 1.54) is 6.07 Å². The fourth-order valence-electron chi connectivity index (χ4n) is 3.72. The zero-order valence-corrected chi connectivity index (χ0v) is 18.5. The zero-order valence-electron chi connectivity index (χ0n) is 17.0. The zero-order chi connectivity index (χ0) is 23.2. The number of benzene rings is 1. The fraction of sp³-hybridized carbons (Fsp3) is 0.286. The molecule has 2 aromatic heterocycles. The van der Waals surface area contributed by atoms with Crippen molar-refractivity contribution >= 4 is 40.5 Å². The highest BCUT2D eigenvalue weighted by atomic mass is 35.5. The van der Waals surface area contributed by atoms with Gasteiger partial charge in [-0.1, -0.05) is 22.9 Å². The van der Waals surface area contributed by atoms with Gasteiger partial charge in [-0.3, -0.25) is 4.79 Å². The molecule has 0 saturated heterocycles. The van der Waals surface area contributed by atoms with Gasteiger partial charge in [0.25, 0.3) is 5.91 Å². The van der Waals surface area contributed by atoms with Crippen LogP contribution in [-0.2, 0) is 19.1 Å². The van der Waals surface area contributed by atoms with Crippen LogP contribution in [0, 0.1) is 0 Å². The first kappa shape index (κ1) is 21.9. The highest BCUT2D eigenvalue weighted by Gasteiger charge is 2.36. The van der Waals surface area contributed by atoms with Crippen molar-refractivity contribution in [1.29, 1.82) is 0 Å². The number of rotatable bonds is 3. The molecular formula is C21H17ClF3N5O2S. The lowest BCUT2D eigenvalue weighted by Crippen LogP contribution is -2.24. The van der Waals surface area contributed by atoms with Gasteiger partial charge in [0.05, 0.1) is 33.4 Å². The van der Waals surface area contributed by atoms with E-state index in [1.54, 1.807) is 0 Å². The molecule has 7 nitrogen and oxygen atoms in total. The third-order valence-corrected chi connectivity index (χ3v) is 6.68. The molecular weight excluding hydrogens is 479 g/mol. The maximum Gasteiger partial charge on any atom is 0.420 e. The van der Waals surface area contributed by atoms with E-state index in [0.29, 0.717) is 23.8 Å². The quantitative estimate of drug-likeness (QED) is 0.499. The summed E-state index contributed by atoms with van der Waals surface area (Å²) in [4.78, 5) is 20.4. The molecule has 12 heteroatoms. The number of hydrogen-bond donors (Lipinski definition) is 3. The van der Waals surface area contributed by atoms with Gasteiger partial charge >= 0.3 is 6.18 Å². The minimum atomic E-state index is -4.69. The molecule has 172 valence electrons. The number of fused-ring (bicyclic) bond motifs is 2. The van der Waals surface area contributed by atoms with Crippen molar-refractivity contribution in [2.75, 3.05) is 25.0 Å². The van der Waals surface area contributed by atoms with E-state index in [2.05, 4.69) is 25.9 Å². The van der Waals surface area contributed by atoms with E-state index in [9.17, 15) is 18.0 Å². The van der Waals surface area contributed by atoms with Crippen molar-refractivity contribution < 1.29 is 22.7 Å². The second kappa shape index (κ2) is 8.47. The number of anilines is 2. The molecule has 0 spiro atoms. The normalized spacial score (nSPS) is 15.7. The summed E-state index contributed by atoms with van der Waals surface area (Å²) < 4.78 is 46.7. The summed E-state index contributed by atoms with van der Waals surface area (Å²) in [5.74, 6) is -0.441. The van der Waals surface area contributed by atoms with Gasteiger partial charge in [-0.2, -0.15) is 13.2 Å². The maximum absolute atomic E-state index is 13.7. The van der Waals surface area contributed by atoms with Gasteiger partial charge in [-0.05, 0) is 42.3 Å². The van der Waals surface area contributed by atoms with Gasteiger partial charge < -0.3 is 20.7 Å². The Morgan fingerprint density at radius 2 is 2.03 bits per heavy atom. The van der Waals surface area contributed by atoms with Crippen LogP contribution >= 0.6 is 22.9 Å². The summed E-state index contributed by atoms with van der Waals surface area (Å²) in [5.41, 5.74) is 1.51. The Kier molecular flexibility index (Phi) is 5.63. The van der Waals surface area contributed by atoms with Gasteiger partial charge in [0.15, 0.2) is 5.06 Å². The first-order valence-corrected chi connectivity index (χ1v) is 11.3. The molecule has 5 rings (SSSR count). The van der Waals surface area contributed by atoms with Crippen LogP contribution in [0.1, 0.15) is 27.0 Å². The molecule has 3 aromatic rings. The van der Waals surface area contributed by atoms with Crippen molar-refractivity contribution in [1.82, 2.24) is 20.6 Å². The number of amides is 1. The van der Waals surface area contributed by atoms with Crippen LogP contribution in [0.4, 0.5) is 24.8 Å². The Morgan fingerprint density at radius 3 is 2.85 bits per heavy atom. The monoisotopic (exact) mass is 495 g/mol. The number of halogens is 4. The number of carbonyl (C=O) groups excluding carboxylic acids is 1. The lowest BCUT2D eigenvalue weighted by molar-refractivity contribution is -0.137. The molecule has 0 saturated carbocycles. The molecule has 1 aromatic carbocycles. The Balaban J connectivity index is 1.55. The summed E-state index contributed by atoms with van der Waals surface area (Å²) in [6, 6.07) is 5.05. The summed E-state index contributed by atoms with van der Waals surface area (Å²) in [6.45, 7) is 2.08.